The van der Waals surface area contributed by atoms with Crippen LogP contribution in [0, 0.1) is 0 Å². The Morgan fingerprint density at radius 1 is 0.391 bits per heavy atom. The molecule has 0 radical (unpaired) electrons. The second kappa shape index (κ2) is 50.3. The van der Waals surface area contributed by atoms with E-state index in [1.165, 1.54) is 44.6 Å². The highest BCUT2D eigenvalue weighted by molar-refractivity contribution is 9.29. The summed E-state index contributed by atoms with van der Waals surface area (Å²) in [5, 5.41) is 8.72. The summed E-state index contributed by atoms with van der Waals surface area (Å²) in [4.78, 5) is 86.1. The molecule has 1 aromatic heterocycles. The molecular formula is C86H91Br11N6O7. The third-order valence-corrected chi connectivity index (χ3v) is 22.9. The van der Waals surface area contributed by atoms with E-state index >= 15 is 0 Å². The molecule has 0 saturated heterocycles. The number of carbonyl (C=O) groups is 6. The zero-order valence-corrected chi connectivity index (χ0v) is 79.6. The maximum absolute atomic E-state index is 12.7. The monoisotopic (exact) mass is 2190 g/mol. The zero-order valence-electron chi connectivity index (χ0n) is 62.1. The van der Waals surface area contributed by atoms with Crippen LogP contribution in [0.2, 0.25) is 0 Å². The molecule has 24 heteroatoms. The van der Waals surface area contributed by atoms with E-state index in [0.29, 0.717) is 29.5 Å². The van der Waals surface area contributed by atoms with Crippen molar-refractivity contribution < 1.29 is 33.9 Å². The third kappa shape index (κ3) is 28.1. The summed E-state index contributed by atoms with van der Waals surface area (Å²) in [6.45, 7) is 12.0. The maximum atomic E-state index is 12.7. The summed E-state index contributed by atoms with van der Waals surface area (Å²) in [5.41, 5.74) is 14.2. The van der Waals surface area contributed by atoms with Gasteiger partial charge in [0.05, 0.1) is 65.3 Å². The molecule has 6 heterocycles. The van der Waals surface area contributed by atoms with Crippen molar-refractivity contribution in [3.05, 3.63) is 283 Å². The molecule has 0 spiro atoms. The Kier molecular flexibility index (Phi) is 42.8. The minimum Gasteiger partial charge on any atom is -0.495 e. The van der Waals surface area contributed by atoms with Crippen LogP contribution < -0.4 is 14.7 Å². The zero-order chi connectivity index (χ0) is 80.2. The van der Waals surface area contributed by atoms with Crippen LogP contribution >= 0.6 is 175 Å². The molecule has 2 N–H and O–H groups in total. The number of unbranched alkanes of at least 4 members (excludes halogenated alkanes) is 9. The predicted molar refractivity (Wildman–Crippen MR) is 492 cm³/mol. The standard InChI is InChI=1S/C18H21Br2NO.C17H19Br2NO.C16H17Br2NO.2C15H15Br2NO.C5H4BrNO2/c1-2-3-4-8-11-15-12-16(17(19)20)21(18(15)22)13-14-9-6-5-7-10-14;1-2-3-4-6-9-13-12-15(16(18)19)20(17(13)21)14-10-7-5-8-11-14;1-2-3-9-13-10-14(15(17)18)19(16(13)20)11-12-7-5-4-6-8-12;1-2-3-9-12-14(17)13(10-16)18(15(12)19)11-7-5-4-6-8-11;1-2-3-7-11-10-13(14(16)17)18(15(11)19)12-8-5-4-6-9-12;6-3-1-5(9)7-4(3)2-8/h5-7,9-10,12H,2-4,8,11,13H2,1H3;5,7-8,10-12H,2-4,6,9H2,1H3;4-8,10H,2-3,9,11H2,1H3;4-8,10H,2-3,9H2,1H3;4-6,8-10H,2-3,7H2,1H3;1-2,7,9H/b;;;13-10-;;. The fourth-order valence-corrected chi connectivity index (χ4v) is 16.2. The molecule has 11 rings (SSSR count). The van der Waals surface area contributed by atoms with Crippen molar-refractivity contribution in [2.24, 2.45) is 0 Å². The summed E-state index contributed by atoms with van der Waals surface area (Å²) >= 11 is 37.5. The molecule has 5 aliphatic rings. The number of para-hydroxylation sites is 3. The summed E-state index contributed by atoms with van der Waals surface area (Å²) in [7, 11) is 0. The third-order valence-electron chi connectivity index (χ3n) is 17.7. The second-order valence-corrected chi connectivity index (χ2v) is 38.4. The number of aromatic hydroxyl groups is 1. The van der Waals surface area contributed by atoms with Crippen molar-refractivity contribution >= 4 is 228 Å². The van der Waals surface area contributed by atoms with Crippen LogP contribution in [0.4, 0.5) is 17.1 Å². The number of halogens is 11. The quantitative estimate of drug-likeness (QED) is 0.0384. The second-order valence-electron chi connectivity index (χ2n) is 25.7. The number of aromatic nitrogens is 1. The Bertz CT molecular complexity index is 4400. The molecule has 5 amide bonds. The molecule has 110 heavy (non-hydrogen) atoms. The highest BCUT2D eigenvalue weighted by Gasteiger charge is 2.36. The fraction of sp³-hybridized carbons (Fsp3) is 0.302. The number of H-pyrrole nitrogens is 1. The van der Waals surface area contributed by atoms with Gasteiger partial charge in [-0.1, -0.05) is 224 Å². The molecule has 0 aliphatic carbocycles. The topological polar surface area (TPSA) is 155 Å². The number of anilines is 3. The number of aldehydes is 1. The molecule has 0 bridgehead atoms. The van der Waals surface area contributed by atoms with E-state index in [9.17, 15) is 28.8 Å². The normalized spacial score (nSPS) is 14.8. The average molecular weight is 2200 g/mol. The Hall–Kier alpha value is -5.12. The van der Waals surface area contributed by atoms with Crippen molar-refractivity contribution in [3.8, 4) is 5.88 Å². The van der Waals surface area contributed by atoms with Gasteiger partial charge in [-0.3, -0.25) is 43.5 Å². The van der Waals surface area contributed by atoms with Gasteiger partial charge in [0.1, 0.15) is 0 Å². The maximum Gasteiger partial charge on any atom is 0.260 e. The van der Waals surface area contributed by atoms with Gasteiger partial charge in [0, 0.05) is 60.5 Å². The number of amides is 5. The molecular weight excluding hydrogens is 2110 g/mol. The van der Waals surface area contributed by atoms with Gasteiger partial charge < -0.3 is 19.9 Å². The van der Waals surface area contributed by atoms with E-state index in [-0.39, 0.29) is 35.4 Å². The predicted octanol–water partition coefficient (Wildman–Crippen LogP) is 28.4. The van der Waals surface area contributed by atoms with Crippen molar-refractivity contribution in [1.82, 2.24) is 14.8 Å². The Morgan fingerprint density at radius 2 is 0.709 bits per heavy atom. The molecule has 5 aromatic carbocycles. The van der Waals surface area contributed by atoms with E-state index in [1.807, 2.05) is 186 Å². The Morgan fingerprint density at radius 3 is 1.02 bits per heavy atom. The number of hydrogen-bond donors (Lipinski definition) is 2. The first-order valence-electron chi connectivity index (χ1n) is 36.7. The number of benzene rings is 5. The van der Waals surface area contributed by atoms with Crippen LogP contribution in [-0.2, 0) is 37.1 Å². The lowest BCUT2D eigenvalue weighted by Crippen LogP contribution is -2.25. The van der Waals surface area contributed by atoms with Crippen LogP contribution in [-0.4, -0.2) is 55.7 Å². The summed E-state index contributed by atoms with van der Waals surface area (Å²) in [6.07, 6.45) is 28.5. The average Bonchev–Trinajstić information content (AvgIpc) is 1.64. The first-order valence-corrected chi connectivity index (χ1v) is 45.5. The fourth-order valence-electron chi connectivity index (χ4n) is 11.9. The SMILES string of the molecule is CCCCC1=C(Br)/C(=C/Br)N(c2ccccc2)C1=O.CCCCC1=CC(=C(Br)Br)N(Cc2ccccc2)C1=O.CCCCC1=CC(=C(Br)Br)N(c2ccccc2)C1=O.CCCCCCC1=CC(=C(Br)Br)N(Cc2ccccc2)C1=O.CCCCCCC1=CC(=C(Br)Br)N(c2ccccc2)C1=O.O=Cc1[nH]c(O)cc1Br. The van der Waals surface area contributed by atoms with Crippen molar-refractivity contribution in [1.29, 1.82) is 0 Å². The summed E-state index contributed by atoms with van der Waals surface area (Å²) < 4.78 is 4.72. The summed E-state index contributed by atoms with van der Waals surface area (Å²) in [6, 6.07) is 50.7. The van der Waals surface area contributed by atoms with Crippen molar-refractivity contribution in [2.75, 3.05) is 14.7 Å². The Balaban J connectivity index is 0.000000209. The number of aromatic amines is 1. The van der Waals surface area contributed by atoms with Gasteiger partial charge in [-0.2, -0.15) is 0 Å². The molecule has 6 aromatic rings. The van der Waals surface area contributed by atoms with Gasteiger partial charge >= 0.3 is 0 Å². The van der Waals surface area contributed by atoms with E-state index in [1.54, 1.807) is 19.7 Å². The number of hydrogen-bond acceptors (Lipinski definition) is 7. The van der Waals surface area contributed by atoms with Crippen LogP contribution in [0.1, 0.15) is 178 Å². The van der Waals surface area contributed by atoms with Crippen LogP contribution in [0.15, 0.2) is 266 Å². The highest BCUT2D eigenvalue weighted by Crippen LogP contribution is 2.42. The van der Waals surface area contributed by atoms with Crippen LogP contribution in [0.3, 0.4) is 0 Å². The van der Waals surface area contributed by atoms with Gasteiger partial charge in [0.15, 0.2) is 12.2 Å². The van der Waals surface area contributed by atoms with E-state index in [4.69, 9.17) is 5.11 Å². The van der Waals surface area contributed by atoms with Gasteiger partial charge in [-0.05, 0) is 295 Å². The number of nitrogens with one attached hydrogen (secondary N) is 1. The first-order chi connectivity index (χ1) is 53.0. The number of carbonyl (C=O) groups excluding carboxylic acids is 6. The number of rotatable bonds is 27. The Labute approximate surface area is 741 Å². The lowest BCUT2D eigenvalue weighted by molar-refractivity contribution is -0.125. The van der Waals surface area contributed by atoms with Crippen LogP contribution in [0.25, 0.3) is 0 Å². The highest BCUT2D eigenvalue weighted by atomic mass is 79.9. The lowest BCUT2D eigenvalue weighted by Gasteiger charge is -2.19. The van der Waals surface area contributed by atoms with E-state index in [2.05, 4.69) is 215 Å². The lowest BCUT2D eigenvalue weighted by atomic mass is 10.1. The van der Waals surface area contributed by atoms with Gasteiger partial charge in [-0.25, -0.2) is 0 Å². The number of nitrogens with zero attached hydrogens (tertiary/aromatic N) is 5. The van der Waals surface area contributed by atoms with Gasteiger partial charge in [0.25, 0.3) is 29.5 Å². The molecule has 13 nitrogen and oxygen atoms in total. The van der Waals surface area contributed by atoms with Gasteiger partial charge in [-0.15, -0.1) is 0 Å². The molecule has 0 unspecified atom stereocenters. The van der Waals surface area contributed by atoms with Crippen molar-refractivity contribution in [2.45, 2.75) is 170 Å². The molecule has 0 fully saturated rings. The smallest absolute Gasteiger partial charge is 0.260 e. The van der Waals surface area contributed by atoms with Crippen LogP contribution in [0.5, 0.6) is 5.88 Å². The van der Waals surface area contributed by atoms with Crippen molar-refractivity contribution in [3.63, 3.8) is 0 Å². The molecule has 0 saturated carbocycles. The minimum absolute atomic E-state index is 0.0102. The molecule has 0 atom stereocenters. The summed E-state index contributed by atoms with van der Waals surface area (Å²) in [5.74, 6) is 0.469. The van der Waals surface area contributed by atoms with E-state index in [0.717, 1.165) is 186 Å². The molecule has 5 aliphatic heterocycles. The molecule has 584 valence electrons. The largest absolute Gasteiger partial charge is 0.495 e. The number of allylic oxidation sites excluding steroid dienone is 5. The van der Waals surface area contributed by atoms with E-state index < -0.39 is 0 Å². The van der Waals surface area contributed by atoms with Gasteiger partial charge in [0.2, 0.25) is 0 Å². The minimum atomic E-state index is -0.0102. The first kappa shape index (κ1) is 93.7.